The molecule has 0 saturated carbocycles. The summed E-state index contributed by atoms with van der Waals surface area (Å²) in [6.07, 6.45) is 4.56. The van der Waals surface area contributed by atoms with Crippen LogP contribution >= 0.6 is 11.3 Å². The lowest BCUT2D eigenvalue weighted by Gasteiger charge is -2.19. The normalized spacial score (nSPS) is 13.1. The molecule has 0 bridgehead atoms. The van der Waals surface area contributed by atoms with Crippen molar-refractivity contribution in [2.75, 3.05) is 0 Å². The molecule has 0 nitrogen and oxygen atoms in total. The number of hydrogen-bond acceptors (Lipinski definition) is 1. The van der Waals surface area contributed by atoms with Crippen LogP contribution in [0, 0.1) is 0 Å². The standard InChI is InChI=1S/C42H28S/c1-2-10-30-25-31(22-19-27(30)9-1)28-17-20-29(21-18-28)41-34-12-3-5-14-36(34)42(37-15-6-4-13-35(37)41)32-23-24-40-38(26-32)33-11-7-8-16-39(33)43-40/h1-18,20-21,23-26H,19,22H2. The van der Waals surface area contributed by atoms with Gasteiger partial charge < -0.3 is 0 Å². The van der Waals surface area contributed by atoms with Gasteiger partial charge in [0.2, 0.25) is 0 Å². The van der Waals surface area contributed by atoms with Crippen molar-refractivity contribution in [2.45, 2.75) is 12.8 Å². The second-order valence-corrected chi connectivity index (χ2v) is 12.7. The molecule has 0 saturated heterocycles. The monoisotopic (exact) mass is 564 g/mol. The Bertz CT molecular complexity index is 2330. The van der Waals surface area contributed by atoms with Crippen molar-refractivity contribution < 1.29 is 0 Å². The van der Waals surface area contributed by atoms with E-state index in [-0.39, 0.29) is 0 Å². The van der Waals surface area contributed by atoms with Crippen molar-refractivity contribution >= 4 is 64.7 Å². The zero-order valence-corrected chi connectivity index (χ0v) is 24.5. The van der Waals surface area contributed by atoms with Crippen LogP contribution in [-0.4, -0.2) is 0 Å². The minimum atomic E-state index is 1.08. The van der Waals surface area contributed by atoms with Crippen molar-refractivity contribution in [3.8, 4) is 22.3 Å². The minimum Gasteiger partial charge on any atom is -0.135 e. The van der Waals surface area contributed by atoms with Crippen LogP contribution in [0.1, 0.15) is 23.1 Å². The number of allylic oxidation sites excluding steroid dienone is 1. The highest BCUT2D eigenvalue weighted by atomic mass is 32.1. The van der Waals surface area contributed by atoms with Crippen LogP contribution in [0.4, 0.5) is 0 Å². The van der Waals surface area contributed by atoms with Crippen molar-refractivity contribution in [3.63, 3.8) is 0 Å². The van der Waals surface area contributed by atoms with Gasteiger partial charge in [0.15, 0.2) is 0 Å². The average molecular weight is 565 g/mol. The molecule has 9 rings (SSSR count). The smallest absolute Gasteiger partial charge is 0.0355 e. The Morgan fingerprint density at radius 3 is 1.65 bits per heavy atom. The summed E-state index contributed by atoms with van der Waals surface area (Å²) in [5, 5.41) is 7.86. The zero-order chi connectivity index (χ0) is 28.3. The van der Waals surface area contributed by atoms with Crippen LogP contribution in [0.2, 0.25) is 0 Å². The second-order valence-electron chi connectivity index (χ2n) is 11.6. The van der Waals surface area contributed by atoms with Gasteiger partial charge in [-0.2, -0.15) is 0 Å². The van der Waals surface area contributed by atoms with Crippen molar-refractivity contribution in [1.29, 1.82) is 0 Å². The van der Waals surface area contributed by atoms with E-state index < -0.39 is 0 Å². The van der Waals surface area contributed by atoms with Gasteiger partial charge in [0.05, 0.1) is 0 Å². The Kier molecular flexibility index (Phi) is 5.61. The molecule has 0 N–H and O–H groups in total. The lowest BCUT2D eigenvalue weighted by Crippen LogP contribution is -1.98. The van der Waals surface area contributed by atoms with Crippen LogP contribution < -0.4 is 0 Å². The average Bonchev–Trinajstić information content (AvgIpc) is 3.45. The fourth-order valence-corrected chi connectivity index (χ4v) is 8.23. The van der Waals surface area contributed by atoms with Gasteiger partial charge in [-0.1, -0.05) is 127 Å². The highest BCUT2D eigenvalue weighted by Crippen LogP contribution is 2.45. The molecule has 0 radical (unpaired) electrons. The molecule has 1 heterocycles. The summed E-state index contributed by atoms with van der Waals surface area (Å²) >= 11 is 1.88. The van der Waals surface area contributed by atoms with Gasteiger partial charge in [-0.05, 0) is 97.1 Å². The molecule has 0 spiro atoms. The maximum Gasteiger partial charge on any atom is 0.0355 e. The van der Waals surface area contributed by atoms with E-state index >= 15 is 0 Å². The Morgan fingerprint density at radius 1 is 0.395 bits per heavy atom. The summed E-state index contributed by atoms with van der Waals surface area (Å²) in [5.41, 5.74) is 10.7. The number of thiophene rings is 1. The molecule has 43 heavy (non-hydrogen) atoms. The van der Waals surface area contributed by atoms with Gasteiger partial charge in [-0.15, -0.1) is 11.3 Å². The topological polar surface area (TPSA) is 0 Å². The quantitative estimate of drug-likeness (QED) is 0.187. The minimum absolute atomic E-state index is 1.08. The number of aryl methyl sites for hydroxylation is 1. The van der Waals surface area contributed by atoms with Crippen LogP contribution in [0.25, 0.3) is 75.6 Å². The third kappa shape index (κ3) is 3.96. The van der Waals surface area contributed by atoms with E-state index in [1.165, 1.54) is 86.2 Å². The maximum absolute atomic E-state index is 2.41. The first kappa shape index (κ1) is 24.6. The molecule has 7 aromatic carbocycles. The lowest BCUT2D eigenvalue weighted by atomic mass is 9.85. The summed E-state index contributed by atoms with van der Waals surface area (Å²) in [5.74, 6) is 0. The SMILES string of the molecule is C1=C(c2ccc(-c3c4ccccc4c(-c4ccc5sc6ccccc6c5c4)c4ccccc34)cc2)CCc2ccccc21. The number of fused-ring (bicyclic) bond motifs is 6. The fourth-order valence-electron chi connectivity index (χ4n) is 7.14. The molecular formula is C42H28S. The molecule has 0 unspecified atom stereocenters. The van der Waals surface area contributed by atoms with E-state index in [1.54, 1.807) is 0 Å². The van der Waals surface area contributed by atoms with Crippen molar-refractivity contribution in [3.05, 3.63) is 156 Å². The van der Waals surface area contributed by atoms with E-state index in [0.29, 0.717) is 0 Å². The predicted molar refractivity (Wildman–Crippen MR) is 188 cm³/mol. The largest absolute Gasteiger partial charge is 0.135 e. The molecule has 0 fully saturated rings. The van der Waals surface area contributed by atoms with Crippen molar-refractivity contribution in [1.82, 2.24) is 0 Å². The molecule has 202 valence electrons. The fraction of sp³-hybridized carbons (Fsp3) is 0.0476. The van der Waals surface area contributed by atoms with E-state index in [9.17, 15) is 0 Å². The Labute approximate surface area is 255 Å². The van der Waals surface area contributed by atoms with Crippen molar-refractivity contribution in [2.24, 2.45) is 0 Å². The van der Waals surface area contributed by atoms with Gasteiger partial charge in [-0.3, -0.25) is 0 Å². The lowest BCUT2D eigenvalue weighted by molar-refractivity contribution is 1.00. The van der Waals surface area contributed by atoms with Crippen LogP contribution in [-0.2, 0) is 6.42 Å². The molecule has 1 aliphatic carbocycles. The molecule has 0 aliphatic heterocycles. The number of rotatable bonds is 3. The third-order valence-corrected chi connectivity index (χ3v) is 10.3. The zero-order valence-electron chi connectivity index (χ0n) is 23.7. The summed E-state index contributed by atoms with van der Waals surface area (Å²) in [4.78, 5) is 0. The molecule has 1 aromatic heterocycles. The molecule has 0 amide bonds. The van der Waals surface area contributed by atoms with Crippen LogP contribution in [0.15, 0.2) is 140 Å². The summed E-state index contributed by atoms with van der Waals surface area (Å²) in [7, 11) is 0. The first-order valence-corrected chi connectivity index (χ1v) is 15.9. The maximum atomic E-state index is 2.41. The number of benzene rings is 7. The third-order valence-electron chi connectivity index (χ3n) is 9.19. The van der Waals surface area contributed by atoms with Crippen LogP contribution in [0.5, 0.6) is 0 Å². The molecule has 1 heteroatoms. The van der Waals surface area contributed by atoms with Gasteiger partial charge >= 0.3 is 0 Å². The summed E-state index contributed by atoms with van der Waals surface area (Å²) in [6.45, 7) is 0. The van der Waals surface area contributed by atoms with E-state index in [4.69, 9.17) is 0 Å². The highest BCUT2D eigenvalue weighted by molar-refractivity contribution is 7.25. The molecule has 0 atom stereocenters. The number of hydrogen-bond donors (Lipinski definition) is 0. The van der Waals surface area contributed by atoms with E-state index in [2.05, 4.69) is 146 Å². The highest BCUT2D eigenvalue weighted by Gasteiger charge is 2.18. The first-order chi connectivity index (χ1) is 21.3. The van der Waals surface area contributed by atoms with E-state index in [0.717, 1.165) is 12.8 Å². The Balaban J connectivity index is 1.24. The molecule has 1 aliphatic rings. The van der Waals surface area contributed by atoms with Crippen LogP contribution in [0.3, 0.4) is 0 Å². The predicted octanol–water partition coefficient (Wildman–Crippen LogP) is 12.2. The first-order valence-electron chi connectivity index (χ1n) is 15.1. The van der Waals surface area contributed by atoms with E-state index in [1.807, 2.05) is 11.3 Å². The molecular weight excluding hydrogens is 537 g/mol. The summed E-state index contributed by atoms with van der Waals surface area (Å²) < 4.78 is 2.68. The summed E-state index contributed by atoms with van der Waals surface area (Å²) in [6, 6.07) is 51.8. The van der Waals surface area contributed by atoms with Gasteiger partial charge in [0.1, 0.15) is 0 Å². The molecule has 8 aromatic rings. The van der Waals surface area contributed by atoms with Gasteiger partial charge in [0, 0.05) is 20.2 Å². The Morgan fingerprint density at radius 2 is 0.930 bits per heavy atom. The second kappa shape index (κ2) is 9.80. The Hall–Kier alpha value is -4.98. The van der Waals surface area contributed by atoms with Gasteiger partial charge in [0.25, 0.3) is 0 Å². The van der Waals surface area contributed by atoms with Gasteiger partial charge in [-0.25, -0.2) is 0 Å².